The zero-order valence-electron chi connectivity index (χ0n) is 18.8. The molecule has 3 rings (SSSR count). The fraction of sp³-hybridized carbons (Fsp3) is 0.300. The van der Waals surface area contributed by atoms with Crippen molar-refractivity contribution in [1.29, 1.82) is 0 Å². The molecule has 8 N–H and O–H groups in total. The first kappa shape index (κ1) is 28.3. The second kappa shape index (κ2) is 12.6. The Bertz CT molecular complexity index is 1160. The van der Waals surface area contributed by atoms with E-state index >= 15 is 0 Å². The van der Waals surface area contributed by atoms with E-state index in [1.165, 1.54) is 17.0 Å². The van der Waals surface area contributed by atoms with Crippen LogP contribution in [0.25, 0.3) is 0 Å². The number of H-pyrrole nitrogens is 1. The Morgan fingerprint density at radius 1 is 1.26 bits per heavy atom. The summed E-state index contributed by atoms with van der Waals surface area (Å²) in [6.45, 7) is 0.568. The Morgan fingerprint density at radius 2 is 1.94 bits per heavy atom. The van der Waals surface area contributed by atoms with Gasteiger partial charge < -0.3 is 36.8 Å². The minimum Gasteiger partial charge on any atom is -0.481 e. The number of nitrogens with one attached hydrogen (secondary N) is 4. The van der Waals surface area contributed by atoms with Crippen molar-refractivity contribution in [3.8, 4) is 0 Å². The molecule has 0 saturated heterocycles. The summed E-state index contributed by atoms with van der Waals surface area (Å²) >= 11 is 0. The molecule has 1 aliphatic heterocycles. The minimum atomic E-state index is -1.33. The summed E-state index contributed by atoms with van der Waals surface area (Å²) in [6, 6.07) is 4.36. The molecule has 0 radical (unpaired) electrons. The largest absolute Gasteiger partial charge is 1.00 e. The van der Waals surface area contributed by atoms with Crippen LogP contribution in [-0.4, -0.2) is 69.6 Å². The van der Waals surface area contributed by atoms with E-state index < -0.39 is 41.9 Å². The van der Waals surface area contributed by atoms with E-state index in [1.54, 1.807) is 12.1 Å². The number of nitrogens with zero attached hydrogens (tertiary/aromatic N) is 2. The van der Waals surface area contributed by atoms with Gasteiger partial charge in [0, 0.05) is 30.8 Å². The number of carbonyl (C=O) groups is 4. The van der Waals surface area contributed by atoms with Crippen molar-refractivity contribution in [1.82, 2.24) is 15.3 Å². The Kier molecular flexibility index (Phi) is 10.2. The third-order valence-corrected chi connectivity index (χ3v) is 5.12. The summed E-state index contributed by atoms with van der Waals surface area (Å²) < 4.78 is 0. The van der Waals surface area contributed by atoms with Gasteiger partial charge in [-0.3, -0.25) is 24.2 Å². The van der Waals surface area contributed by atoms with Crippen molar-refractivity contribution >= 4 is 47.4 Å². The molecule has 2 heterocycles. The Morgan fingerprint density at radius 3 is 2.54 bits per heavy atom. The number of nitrogens with two attached hydrogens (primary N) is 1. The number of rotatable bonds is 10. The molecule has 0 bridgehead atoms. The molecule has 14 nitrogen and oxygen atoms in total. The van der Waals surface area contributed by atoms with Gasteiger partial charge in [0.15, 0.2) is 11.5 Å². The molecule has 15 heteroatoms. The van der Waals surface area contributed by atoms with Crippen LogP contribution in [0, 0.1) is 0 Å². The number of carbonyl (C=O) groups excluding carboxylic acids is 2. The van der Waals surface area contributed by atoms with Crippen LogP contribution in [0.2, 0.25) is 0 Å². The van der Waals surface area contributed by atoms with Gasteiger partial charge in [0.1, 0.15) is 6.04 Å². The van der Waals surface area contributed by atoms with Gasteiger partial charge in [-0.15, -0.1) is 0 Å². The Labute approximate surface area is 241 Å². The van der Waals surface area contributed by atoms with Gasteiger partial charge in [-0.1, -0.05) is 0 Å². The molecule has 1 aromatic carbocycles. The predicted molar refractivity (Wildman–Crippen MR) is 121 cm³/mol. The van der Waals surface area contributed by atoms with E-state index in [9.17, 15) is 29.1 Å². The number of hydrogen-bond acceptors (Lipinski definition) is 9. The van der Waals surface area contributed by atoms with Gasteiger partial charge in [0.25, 0.3) is 11.5 Å². The monoisotopic (exact) mass is 512 g/mol. The van der Waals surface area contributed by atoms with Crippen LogP contribution < -0.4 is 83.5 Å². The topological polar surface area (TPSA) is 220 Å². The number of anilines is 4. The van der Waals surface area contributed by atoms with E-state index in [0.29, 0.717) is 18.6 Å². The zero-order chi connectivity index (χ0) is 24.8. The first-order chi connectivity index (χ1) is 16.2. The summed E-state index contributed by atoms with van der Waals surface area (Å²) in [5, 5.41) is 26.3. The van der Waals surface area contributed by atoms with Gasteiger partial charge in [0.05, 0.1) is 6.04 Å². The molecule has 0 spiro atoms. The van der Waals surface area contributed by atoms with Crippen molar-refractivity contribution < 1.29 is 80.8 Å². The minimum absolute atomic E-state index is 0. The average molecular weight is 513 g/mol. The second-order valence-corrected chi connectivity index (χ2v) is 7.45. The van der Waals surface area contributed by atoms with Crippen molar-refractivity contribution in [3.63, 3.8) is 0 Å². The molecule has 0 saturated carbocycles. The number of fused-ring (bicyclic) bond motifs is 1. The number of benzene rings is 1. The Balaban J connectivity index is 0.00000432. The molecule has 0 aliphatic carbocycles. The van der Waals surface area contributed by atoms with Crippen molar-refractivity contribution in [3.05, 3.63) is 40.2 Å². The molecule has 2 aromatic rings. The van der Waals surface area contributed by atoms with Crippen LogP contribution in [0.4, 0.5) is 23.1 Å². The first-order valence-corrected chi connectivity index (χ1v) is 10.2. The van der Waals surface area contributed by atoms with Gasteiger partial charge in [0.2, 0.25) is 12.4 Å². The van der Waals surface area contributed by atoms with Gasteiger partial charge >= 0.3 is 63.3 Å². The van der Waals surface area contributed by atoms with E-state index in [2.05, 4.69) is 25.9 Å². The fourth-order valence-electron chi connectivity index (χ4n) is 3.39. The molecule has 180 valence electrons. The van der Waals surface area contributed by atoms with Crippen molar-refractivity contribution in [2.75, 3.05) is 34.4 Å². The maximum atomic E-state index is 12.3. The third kappa shape index (κ3) is 7.25. The normalized spacial score (nSPS) is 15.0. The number of amides is 2. The van der Waals surface area contributed by atoms with Gasteiger partial charge in [-0.2, -0.15) is 4.98 Å². The quantitative estimate of drug-likeness (QED) is 0.121. The maximum absolute atomic E-state index is 12.3. The predicted octanol–water partition coefficient (Wildman–Crippen LogP) is -3.73. The van der Waals surface area contributed by atoms with E-state index in [1.807, 2.05) is 0 Å². The van der Waals surface area contributed by atoms with Gasteiger partial charge in [-0.05, 0) is 30.7 Å². The molecule has 35 heavy (non-hydrogen) atoms. The number of aliphatic carboxylic acids is 2. The fourth-order valence-corrected chi connectivity index (χ4v) is 3.39. The number of aromatic nitrogens is 2. The molecule has 1 unspecified atom stereocenters. The molecular weight excluding hydrogens is 489 g/mol. The summed E-state index contributed by atoms with van der Waals surface area (Å²) in [6.07, 6.45) is -0.101. The van der Waals surface area contributed by atoms with Crippen LogP contribution >= 0.6 is 0 Å². The third-order valence-electron chi connectivity index (χ3n) is 5.12. The van der Waals surface area contributed by atoms with Crippen molar-refractivity contribution in [2.24, 2.45) is 0 Å². The van der Waals surface area contributed by atoms with E-state index in [0.717, 1.165) is 0 Å². The molecule has 0 fully saturated rings. The van der Waals surface area contributed by atoms with Gasteiger partial charge in [-0.25, -0.2) is 4.79 Å². The van der Waals surface area contributed by atoms with Crippen LogP contribution in [0.5, 0.6) is 0 Å². The average Bonchev–Trinajstić information content (AvgIpc) is 2.79. The number of carboxylic acids is 2. The standard InChI is InChI=1S/C20H23N7O7.K/c21-20-25-16-15(18(32)26-20)27(9-28)12(8-23-16)7-22-11-3-1-10(2-4-11)17(31)24-13(19(33)34)5-6-14(29)30;/h1-4,9,12-13,22H,5-8H2,(H,24,31)(H,29,30)(H,33,34)(H4,21,23,25,26,32);/q;+1/t12-,13?;/m0./s1. The van der Waals surface area contributed by atoms with Crippen LogP contribution in [0.15, 0.2) is 29.1 Å². The van der Waals surface area contributed by atoms with Crippen LogP contribution in [-0.2, 0) is 14.4 Å². The van der Waals surface area contributed by atoms with Crippen LogP contribution in [0.3, 0.4) is 0 Å². The Hall–Kier alpha value is -2.98. The first-order valence-electron chi connectivity index (χ1n) is 10.2. The van der Waals surface area contributed by atoms with E-state index in [4.69, 9.17) is 10.8 Å². The van der Waals surface area contributed by atoms with Crippen LogP contribution in [0.1, 0.15) is 23.2 Å². The number of hydrogen-bond donors (Lipinski definition) is 7. The molecular formula is C20H23KN7O7+. The number of aromatic amines is 1. The molecule has 1 aliphatic rings. The maximum Gasteiger partial charge on any atom is 1.00 e. The number of nitrogen functional groups attached to an aromatic ring is 1. The zero-order valence-corrected chi connectivity index (χ0v) is 21.9. The summed E-state index contributed by atoms with van der Waals surface area (Å²) in [5.74, 6) is -3.00. The summed E-state index contributed by atoms with van der Waals surface area (Å²) in [4.78, 5) is 65.7. The molecule has 2 atom stereocenters. The SMILES string of the molecule is Nc1nc2c(c(=O)[nH]1)N(C=O)[C@@H](CNc1ccc(C(=O)NC(CCC(=O)O)C(=O)O)cc1)CN2.[K+]. The summed E-state index contributed by atoms with van der Waals surface area (Å²) in [7, 11) is 0. The van der Waals surface area contributed by atoms with Crippen molar-refractivity contribution in [2.45, 2.75) is 24.9 Å². The van der Waals surface area contributed by atoms with E-state index in [-0.39, 0.29) is 87.4 Å². The number of carboxylic acid groups (broad SMARTS) is 2. The molecule has 2 amide bonds. The molecule has 1 aromatic heterocycles. The summed E-state index contributed by atoms with van der Waals surface area (Å²) in [5.41, 5.74) is 5.84. The smallest absolute Gasteiger partial charge is 0.481 e. The second-order valence-electron chi connectivity index (χ2n) is 7.45.